The first-order valence-electron chi connectivity index (χ1n) is 7.17. The van der Waals surface area contributed by atoms with Gasteiger partial charge < -0.3 is 9.97 Å². The topological polar surface area (TPSA) is 90.6 Å². The van der Waals surface area contributed by atoms with E-state index in [1.807, 2.05) is 13.8 Å². The highest BCUT2D eigenvalue weighted by Crippen LogP contribution is 2.25. The molecule has 0 bridgehead atoms. The Morgan fingerprint density at radius 3 is 2.83 bits per heavy atom. The van der Waals surface area contributed by atoms with Crippen molar-refractivity contribution in [3.63, 3.8) is 0 Å². The Balaban J connectivity index is 1.86. The highest BCUT2D eigenvalue weighted by molar-refractivity contribution is 7.89. The lowest BCUT2D eigenvalue weighted by Crippen LogP contribution is -2.23. The molecule has 0 aliphatic rings. The van der Waals surface area contributed by atoms with Crippen LogP contribution in [0.4, 0.5) is 4.39 Å². The Bertz CT molecular complexity index is 943. The lowest BCUT2D eigenvalue weighted by Gasteiger charge is -2.05. The van der Waals surface area contributed by atoms with Gasteiger partial charge in [-0.1, -0.05) is 19.9 Å². The molecule has 0 aliphatic carbocycles. The van der Waals surface area contributed by atoms with Gasteiger partial charge in [0.25, 0.3) is 0 Å². The number of fused-ring (bicyclic) bond motifs is 1. The van der Waals surface area contributed by atoms with Crippen molar-refractivity contribution in [1.29, 1.82) is 0 Å². The SMILES string of the molecule is CC(C)c1ncc(CNS(=O)(=O)c2c[nH]c3cccc(F)c23)[nH]1. The minimum absolute atomic E-state index is 0.0587. The smallest absolute Gasteiger partial charge is 0.243 e. The van der Waals surface area contributed by atoms with E-state index in [0.717, 1.165) is 5.82 Å². The molecule has 3 aromatic rings. The normalized spacial score (nSPS) is 12.3. The Morgan fingerprint density at radius 2 is 2.13 bits per heavy atom. The lowest BCUT2D eigenvalue weighted by atomic mass is 10.2. The van der Waals surface area contributed by atoms with E-state index in [4.69, 9.17) is 0 Å². The van der Waals surface area contributed by atoms with Gasteiger partial charge in [-0.2, -0.15) is 0 Å². The largest absolute Gasteiger partial charge is 0.360 e. The molecule has 6 nitrogen and oxygen atoms in total. The van der Waals surface area contributed by atoms with E-state index >= 15 is 0 Å². The van der Waals surface area contributed by atoms with Gasteiger partial charge in [-0.25, -0.2) is 22.5 Å². The van der Waals surface area contributed by atoms with Gasteiger partial charge in [0, 0.05) is 29.5 Å². The zero-order chi connectivity index (χ0) is 16.6. The molecule has 0 atom stereocenters. The van der Waals surface area contributed by atoms with Crippen LogP contribution >= 0.6 is 0 Å². The van der Waals surface area contributed by atoms with Crippen LogP contribution in [0.15, 0.2) is 35.5 Å². The Labute approximate surface area is 133 Å². The van der Waals surface area contributed by atoms with Crippen LogP contribution < -0.4 is 4.72 Å². The molecule has 0 saturated heterocycles. The summed E-state index contributed by atoms with van der Waals surface area (Å²) < 4.78 is 41.3. The van der Waals surface area contributed by atoms with Gasteiger partial charge in [-0.15, -0.1) is 0 Å². The molecule has 8 heteroatoms. The fraction of sp³-hybridized carbons (Fsp3) is 0.267. The van der Waals surface area contributed by atoms with Crippen LogP contribution in [0.2, 0.25) is 0 Å². The molecule has 0 radical (unpaired) electrons. The molecule has 2 heterocycles. The first-order chi connectivity index (χ1) is 10.9. The van der Waals surface area contributed by atoms with Gasteiger partial charge in [-0.05, 0) is 12.1 Å². The third-order valence-electron chi connectivity index (χ3n) is 3.56. The zero-order valence-electron chi connectivity index (χ0n) is 12.7. The van der Waals surface area contributed by atoms with E-state index in [9.17, 15) is 12.8 Å². The third-order valence-corrected chi connectivity index (χ3v) is 4.98. The van der Waals surface area contributed by atoms with Crippen LogP contribution in [0, 0.1) is 5.82 Å². The van der Waals surface area contributed by atoms with Gasteiger partial charge in [0.05, 0.1) is 11.9 Å². The van der Waals surface area contributed by atoms with Gasteiger partial charge in [0.2, 0.25) is 10.0 Å². The van der Waals surface area contributed by atoms with Crippen LogP contribution in [0.25, 0.3) is 10.9 Å². The molecular weight excluding hydrogens is 319 g/mol. The minimum Gasteiger partial charge on any atom is -0.360 e. The maximum atomic E-state index is 13.9. The summed E-state index contributed by atoms with van der Waals surface area (Å²) in [5.41, 5.74) is 1.09. The molecule has 0 spiro atoms. The summed E-state index contributed by atoms with van der Waals surface area (Å²) in [5.74, 6) is 0.438. The van der Waals surface area contributed by atoms with E-state index in [2.05, 4.69) is 19.7 Å². The summed E-state index contributed by atoms with van der Waals surface area (Å²) in [6.45, 7) is 4.03. The van der Waals surface area contributed by atoms with Crippen molar-refractivity contribution < 1.29 is 12.8 Å². The molecule has 0 aliphatic heterocycles. The number of nitrogens with zero attached hydrogens (tertiary/aromatic N) is 1. The molecule has 0 fully saturated rings. The average molecular weight is 336 g/mol. The average Bonchev–Trinajstić information content (AvgIpc) is 3.13. The van der Waals surface area contributed by atoms with Crippen LogP contribution in [0.3, 0.4) is 0 Å². The van der Waals surface area contributed by atoms with Crippen LogP contribution in [-0.4, -0.2) is 23.4 Å². The summed E-state index contributed by atoms with van der Waals surface area (Å²) in [7, 11) is -3.84. The quantitative estimate of drug-likeness (QED) is 0.669. The summed E-state index contributed by atoms with van der Waals surface area (Å²) in [6, 6.07) is 4.39. The van der Waals surface area contributed by atoms with Gasteiger partial charge in [0.15, 0.2) is 0 Å². The Kier molecular flexibility index (Phi) is 3.95. The maximum absolute atomic E-state index is 13.9. The maximum Gasteiger partial charge on any atom is 0.243 e. The van der Waals surface area contributed by atoms with Crippen molar-refractivity contribution in [3.05, 3.63) is 47.9 Å². The van der Waals surface area contributed by atoms with E-state index in [-0.39, 0.29) is 22.7 Å². The van der Waals surface area contributed by atoms with E-state index in [1.54, 1.807) is 12.3 Å². The van der Waals surface area contributed by atoms with Crippen molar-refractivity contribution in [3.8, 4) is 0 Å². The highest BCUT2D eigenvalue weighted by Gasteiger charge is 2.21. The molecule has 23 heavy (non-hydrogen) atoms. The Hall–Kier alpha value is -2.19. The standard InChI is InChI=1S/C15H17FN4O2S/c1-9(2)15-18-6-10(20-15)7-19-23(21,22)13-8-17-12-5-3-4-11(16)14(12)13/h3-6,8-9,17,19H,7H2,1-2H3,(H,18,20). The fourth-order valence-corrected chi connectivity index (χ4v) is 3.52. The van der Waals surface area contributed by atoms with Crippen molar-refractivity contribution >= 4 is 20.9 Å². The predicted octanol–water partition coefficient (Wildman–Crippen LogP) is 2.63. The molecule has 122 valence electrons. The molecule has 1 aromatic carbocycles. The molecule has 0 saturated carbocycles. The molecular formula is C15H17FN4O2S. The molecule has 3 N–H and O–H groups in total. The third kappa shape index (κ3) is 2.99. The monoisotopic (exact) mass is 336 g/mol. The first-order valence-corrected chi connectivity index (χ1v) is 8.66. The number of aromatic nitrogens is 3. The predicted molar refractivity (Wildman–Crippen MR) is 85.0 cm³/mol. The van der Waals surface area contributed by atoms with Gasteiger partial charge in [-0.3, -0.25) is 0 Å². The minimum atomic E-state index is -3.84. The molecule has 0 amide bonds. The molecule has 2 aromatic heterocycles. The number of H-pyrrole nitrogens is 2. The first kappa shape index (κ1) is 15.7. The number of halogens is 1. The summed E-state index contributed by atoms with van der Waals surface area (Å²) in [4.78, 5) is 9.92. The second-order valence-electron chi connectivity index (χ2n) is 5.59. The lowest BCUT2D eigenvalue weighted by molar-refractivity contribution is 0.580. The Morgan fingerprint density at radius 1 is 1.35 bits per heavy atom. The highest BCUT2D eigenvalue weighted by atomic mass is 32.2. The number of nitrogens with one attached hydrogen (secondary N) is 3. The summed E-state index contributed by atoms with van der Waals surface area (Å²) >= 11 is 0. The van der Waals surface area contributed by atoms with E-state index < -0.39 is 15.8 Å². The van der Waals surface area contributed by atoms with Crippen molar-refractivity contribution in [2.24, 2.45) is 0 Å². The molecule has 3 rings (SSSR count). The fourth-order valence-electron chi connectivity index (χ4n) is 2.33. The summed E-state index contributed by atoms with van der Waals surface area (Å²) in [6.07, 6.45) is 2.89. The van der Waals surface area contributed by atoms with E-state index in [0.29, 0.717) is 11.2 Å². The van der Waals surface area contributed by atoms with Gasteiger partial charge >= 0.3 is 0 Å². The number of benzene rings is 1. The number of rotatable bonds is 5. The van der Waals surface area contributed by atoms with Crippen LogP contribution in [-0.2, 0) is 16.6 Å². The number of imidazole rings is 1. The van der Waals surface area contributed by atoms with Crippen LogP contribution in [0.1, 0.15) is 31.3 Å². The number of aromatic amines is 2. The van der Waals surface area contributed by atoms with Crippen molar-refractivity contribution in [1.82, 2.24) is 19.7 Å². The summed E-state index contributed by atoms with van der Waals surface area (Å²) in [5, 5.41) is 0.0625. The number of hydrogen-bond donors (Lipinski definition) is 3. The van der Waals surface area contributed by atoms with E-state index in [1.165, 1.54) is 18.3 Å². The van der Waals surface area contributed by atoms with Crippen molar-refractivity contribution in [2.45, 2.75) is 31.2 Å². The van der Waals surface area contributed by atoms with Gasteiger partial charge in [0.1, 0.15) is 16.5 Å². The number of sulfonamides is 1. The zero-order valence-corrected chi connectivity index (χ0v) is 13.5. The van der Waals surface area contributed by atoms with Crippen molar-refractivity contribution in [2.75, 3.05) is 0 Å². The second-order valence-corrected chi connectivity index (χ2v) is 7.32. The number of hydrogen-bond acceptors (Lipinski definition) is 3. The molecule has 0 unspecified atom stereocenters. The second kappa shape index (κ2) is 5.78. The van der Waals surface area contributed by atoms with Crippen LogP contribution in [0.5, 0.6) is 0 Å².